The van der Waals surface area contributed by atoms with E-state index in [0.29, 0.717) is 12.2 Å². The van der Waals surface area contributed by atoms with Crippen LogP contribution in [0.25, 0.3) is 0 Å². The maximum atomic E-state index is 11.7. The van der Waals surface area contributed by atoms with Crippen LogP contribution in [0.5, 0.6) is 0 Å². The van der Waals surface area contributed by atoms with Crippen molar-refractivity contribution in [3.63, 3.8) is 0 Å². The second-order valence-electron chi connectivity index (χ2n) is 4.27. The second kappa shape index (κ2) is 2.56. The van der Waals surface area contributed by atoms with E-state index in [0.717, 1.165) is 24.7 Å². The van der Waals surface area contributed by atoms with Gasteiger partial charge in [-0.1, -0.05) is 6.92 Å². The molecule has 2 saturated carbocycles. The van der Waals surface area contributed by atoms with E-state index in [-0.39, 0.29) is 5.54 Å². The Morgan fingerprint density at radius 2 is 2.08 bits per heavy atom. The Kier molecular flexibility index (Phi) is 1.76. The Balaban J connectivity index is 2.10. The Morgan fingerprint density at radius 1 is 1.50 bits per heavy atom. The van der Waals surface area contributed by atoms with Crippen molar-refractivity contribution in [2.45, 2.75) is 38.1 Å². The highest BCUT2D eigenvalue weighted by atomic mass is 16.1. The molecule has 2 rings (SSSR count). The van der Waals surface area contributed by atoms with Gasteiger partial charge in [0.2, 0.25) is 0 Å². The summed E-state index contributed by atoms with van der Waals surface area (Å²) in [7, 11) is 1.93. The van der Waals surface area contributed by atoms with Crippen LogP contribution in [0.3, 0.4) is 0 Å². The Morgan fingerprint density at radius 3 is 2.50 bits per heavy atom. The first-order valence-electron chi connectivity index (χ1n) is 4.94. The third-order valence-electron chi connectivity index (χ3n) is 3.62. The van der Waals surface area contributed by atoms with E-state index >= 15 is 0 Å². The van der Waals surface area contributed by atoms with E-state index in [4.69, 9.17) is 0 Å². The number of Topliss-reactive ketones (excluding diaryl/α,β-unsaturated/α-hetero) is 1. The summed E-state index contributed by atoms with van der Waals surface area (Å²) in [5, 5.41) is 3.24. The first-order chi connectivity index (χ1) is 5.72. The van der Waals surface area contributed by atoms with Crippen LogP contribution in [0.4, 0.5) is 0 Å². The summed E-state index contributed by atoms with van der Waals surface area (Å²) in [5.41, 5.74) is -0.123. The number of hydrogen-bond acceptors (Lipinski definition) is 2. The second-order valence-corrected chi connectivity index (χ2v) is 4.27. The largest absolute Gasteiger partial charge is 0.308 e. The van der Waals surface area contributed by atoms with Crippen LogP contribution >= 0.6 is 0 Å². The van der Waals surface area contributed by atoms with Crippen molar-refractivity contribution in [1.82, 2.24) is 5.32 Å². The number of carbonyl (C=O) groups is 1. The number of fused-ring (bicyclic) bond motifs is 1. The number of ketones is 1. The van der Waals surface area contributed by atoms with Crippen LogP contribution in [0.1, 0.15) is 32.6 Å². The van der Waals surface area contributed by atoms with Gasteiger partial charge in [-0.15, -0.1) is 0 Å². The van der Waals surface area contributed by atoms with Crippen LogP contribution in [-0.2, 0) is 4.79 Å². The standard InChI is InChI=1S/C10H17NO/c1-3-9(12)10(11-2)5-7-4-8(7)6-10/h7-8,11H,3-6H2,1-2H3. The van der Waals surface area contributed by atoms with Crippen molar-refractivity contribution < 1.29 is 4.79 Å². The molecule has 12 heavy (non-hydrogen) atoms. The molecule has 2 fully saturated rings. The van der Waals surface area contributed by atoms with Crippen molar-refractivity contribution in [2.75, 3.05) is 7.05 Å². The van der Waals surface area contributed by atoms with Gasteiger partial charge in [0.1, 0.15) is 0 Å². The number of rotatable bonds is 3. The average Bonchev–Trinajstić information content (AvgIpc) is 2.72. The summed E-state index contributed by atoms with van der Waals surface area (Å²) >= 11 is 0. The van der Waals surface area contributed by atoms with E-state index in [2.05, 4.69) is 5.32 Å². The first kappa shape index (κ1) is 8.24. The van der Waals surface area contributed by atoms with Crippen LogP contribution in [0, 0.1) is 11.8 Å². The van der Waals surface area contributed by atoms with Gasteiger partial charge in [-0.2, -0.15) is 0 Å². The maximum Gasteiger partial charge on any atom is 0.152 e. The molecule has 0 radical (unpaired) electrons. The fourth-order valence-electron chi connectivity index (χ4n) is 2.70. The number of likely N-dealkylation sites (N-methyl/N-ethyl adjacent to an activating group) is 1. The van der Waals surface area contributed by atoms with Gasteiger partial charge in [0.05, 0.1) is 5.54 Å². The van der Waals surface area contributed by atoms with Gasteiger partial charge in [0.15, 0.2) is 5.78 Å². The van der Waals surface area contributed by atoms with E-state index < -0.39 is 0 Å². The summed E-state index contributed by atoms with van der Waals surface area (Å²) in [6.45, 7) is 1.96. The van der Waals surface area contributed by atoms with E-state index in [1.54, 1.807) is 0 Å². The summed E-state index contributed by atoms with van der Waals surface area (Å²) in [5.74, 6) is 2.15. The smallest absolute Gasteiger partial charge is 0.152 e. The van der Waals surface area contributed by atoms with E-state index in [1.165, 1.54) is 6.42 Å². The topological polar surface area (TPSA) is 29.1 Å². The molecule has 0 aromatic rings. The molecule has 0 aliphatic heterocycles. The molecule has 2 nitrogen and oxygen atoms in total. The van der Waals surface area contributed by atoms with Gasteiger partial charge < -0.3 is 5.32 Å². The van der Waals surface area contributed by atoms with Crippen molar-refractivity contribution in [2.24, 2.45) is 11.8 Å². The fraction of sp³-hybridized carbons (Fsp3) is 0.900. The van der Waals surface area contributed by atoms with E-state index in [9.17, 15) is 4.79 Å². The third kappa shape index (κ3) is 1.01. The zero-order chi connectivity index (χ0) is 8.77. The van der Waals surface area contributed by atoms with Crippen molar-refractivity contribution in [3.05, 3.63) is 0 Å². The zero-order valence-electron chi connectivity index (χ0n) is 7.89. The average molecular weight is 167 g/mol. The van der Waals surface area contributed by atoms with Gasteiger partial charge >= 0.3 is 0 Å². The Bertz CT molecular complexity index is 202. The van der Waals surface area contributed by atoms with Crippen molar-refractivity contribution in [3.8, 4) is 0 Å². The van der Waals surface area contributed by atoms with Gasteiger partial charge in [-0.25, -0.2) is 0 Å². The predicted molar refractivity (Wildman–Crippen MR) is 47.9 cm³/mol. The molecule has 0 bridgehead atoms. The molecular weight excluding hydrogens is 150 g/mol. The molecule has 2 atom stereocenters. The van der Waals surface area contributed by atoms with Gasteiger partial charge in [0.25, 0.3) is 0 Å². The maximum absolute atomic E-state index is 11.7. The molecule has 0 heterocycles. The molecular formula is C10H17NO. The molecule has 0 aromatic heterocycles. The van der Waals surface area contributed by atoms with Crippen LogP contribution in [-0.4, -0.2) is 18.4 Å². The van der Waals surface area contributed by atoms with Crippen LogP contribution in [0.2, 0.25) is 0 Å². The molecule has 1 N–H and O–H groups in total. The molecule has 0 saturated heterocycles. The number of nitrogens with one attached hydrogen (secondary N) is 1. The fourth-order valence-corrected chi connectivity index (χ4v) is 2.70. The number of carbonyl (C=O) groups excluding carboxylic acids is 1. The van der Waals surface area contributed by atoms with Crippen LogP contribution in [0.15, 0.2) is 0 Å². The molecule has 0 amide bonds. The number of hydrogen-bond donors (Lipinski definition) is 1. The lowest BCUT2D eigenvalue weighted by Crippen LogP contribution is -2.48. The highest BCUT2D eigenvalue weighted by Gasteiger charge is 2.55. The SMILES string of the molecule is CCC(=O)C1(NC)CC2CC2C1. The van der Waals surface area contributed by atoms with Crippen molar-refractivity contribution >= 4 is 5.78 Å². The summed E-state index contributed by atoms with van der Waals surface area (Å²) in [6.07, 6.45) is 4.25. The quantitative estimate of drug-likeness (QED) is 0.687. The van der Waals surface area contributed by atoms with Crippen molar-refractivity contribution in [1.29, 1.82) is 0 Å². The Hall–Kier alpha value is -0.370. The summed E-state index contributed by atoms with van der Waals surface area (Å²) in [4.78, 5) is 11.7. The molecule has 0 aromatic carbocycles. The highest BCUT2D eigenvalue weighted by Crippen LogP contribution is 2.56. The summed E-state index contributed by atoms with van der Waals surface area (Å²) < 4.78 is 0. The van der Waals surface area contributed by atoms with Gasteiger partial charge in [0, 0.05) is 6.42 Å². The lowest BCUT2D eigenvalue weighted by molar-refractivity contribution is -0.125. The monoisotopic (exact) mass is 167 g/mol. The molecule has 0 spiro atoms. The lowest BCUT2D eigenvalue weighted by Gasteiger charge is -2.28. The predicted octanol–water partition coefficient (Wildman–Crippen LogP) is 1.35. The zero-order valence-corrected chi connectivity index (χ0v) is 7.89. The molecule has 2 aliphatic rings. The van der Waals surface area contributed by atoms with Gasteiger partial charge in [-0.3, -0.25) is 4.79 Å². The third-order valence-corrected chi connectivity index (χ3v) is 3.62. The Labute approximate surface area is 73.7 Å². The minimum absolute atomic E-state index is 0.123. The van der Waals surface area contributed by atoms with Gasteiger partial charge in [-0.05, 0) is 38.1 Å². The summed E-state index contributed by atoms with van der Waals surface area (Å²) in [6, 6.07) is 0. The molecule has 2 unspecified atom stereocenters. The normalized spacial score (nSPS) is 44.2. The highest BCUT2D eigenvalue weighted by molar-refractivity contribution is 5.88. The van der Waals surface area contributed by atoms with Crippen LogP contribution < -0.4 is 5.32 Å². The minimum atomic E-state index is -0.123. The first-order valence-corrected chi connectivity index (χ1v) is 4.94. The molecule has 68 valence electrons. The minimum Gasteiger partial charge on any atom is -0.308 e. The molecule has 2 aliphatic carbocycles. The van der Waals surface area contributed by atoms with E-state index in [1.807, 2.05) is 14.0 Å². The lowest BCUT2D eigenvalue weighted by atomic mass is 9.87. The molecule has 2 heteroatoms.